The number of carbonyl (C=O) groups excluding carboxylic acids is 2. The Morgan fingerprint density at radius 1 is 0.880 bits per heavy atom. The van der Waals surface area contributed by atoms with E-state index in [2.05, 4.69) is 22.6 Å². The summed E-state index contributed by atoms with van der Waals surface area (Å²) >= 11 is 0. The van der Waals surface area contributed by atoms with Gasteiger partial charge in [-0.15, -0.1) is 0 Å². The van der Waals surface area contributed by atoms with E-state index in [4.69, 9.17) is 0 Å². The number of hydrogen-bond donors (Lipinski definition) is 2. The van der Waals surface area contributed by atoms with E-state index in [9.17, 15) is 9.59 Å². The average molecular weight is 337 g/mol. The fraction of sp³-hybridized carbons (Fsp3) is 0.300. The van der Waals surface area contributed by atoms with Gasteiger partial charge in [0, 0.05) is 22.9 Å². The summed E-state index contributed by atoms with van der Waals surface area (Å²) in [6, 6.07) is 16.3. The number of nitrogens with zero attached hydrogens (tertiary/aromatic N) is 1. The molecule has 0 atom stereocenters. The summed E-state index contributed by atoms with van der Waals surface area (Å²) in [6.45, 7) is 2.02. The largest absolute Gasteiger partial charge is 0.349 e. The Bertz CT molecular complexity index is 720. The fourth-order valence-electron chi connectivity index (χ4n) is 2.92. The number of anilines is 1. The predicted octanol–water partition coefficient (Wildman–Crippen LogP) is 2.76. The number of nitrogens with one attached hydrogen (secondary N) is 2. The molecule has 0 bridgehead atoms. The van der Waals surface area contributed by atoms with Crippen molar-refractivity contribution < 1.29 is 9.59 Å². The molecule has 0 aliphatic carbocycles. The average Bonchev–Trinajstić information content (AvgIpc) is 2.65. The van der Waals surface area contributed by atoms with Gasteiger partial charge < -0.3 is 15.5 Å². The minimum absolute atomic E-state index is 0.0597. The zero-order valence-corrected chi connectivity index (χ0v) is 14.4. The first-order valence-electron chi connectivity index (χ1n) is 8.58. The minimum atomic E-state index is -0.163. The molecule has 1 saturated heterocycles. The fourth-order valence-corrected chi connectivity index (χ4v) is 2.92. The lowest BCUT2D eigenvalue weighted by Crippen LogP contribution is -2.43. The van der Waals surface area contributed by atoms with Crippen LogP contribution in [-0.4, -0.2) is 42.9 Å². The van der Waals surface area contributed by atoms with Crippen LogP contribution in [0.1, 0.15) is 33.6 Å². The third kappa shape index (κ3) is 4.67. The molecule has 1 heterocycles. The highest BCUT2D eigenvalue weighted by Gasteiger charge is 2.19. The summed E-state index contributed by atoms with van der Waals surface area (Å²) < 4.78 is 0. The van der Waals surface area contributed by atoms with E-state index in [0.29, 0.717) is 16.8 Å². The summed E-state index contributed by atoms with van der Waals surface area (Å²) in [7, 11) is 2.10. The van der Waals surface area contributed by atoms with Crippen LogP contribution in [0, 0.1) is 0 Å². The van der Waals surface area contributed by atoms with Crippen molar-refractivity contribution in [3.63, 3.8) is 0 Å². The van der Waals surface area contributed by atoms with E-state index >= 15 is 0 Å². The Morgan fingerprint density at radius 2 is 1.48 bits per heavy atom. The SMILES string of the molecule is CN1CCC(NC(=O)c2ccc(NC(=O)c3ccccc3)cc2)CC1. The van der Waals surface area contributed by atoms with E-state index in [0.717, 1.165) is 25.9 Å². The van der Waals surface area contributed by atoms with Crippen molar-refractivity contribution in [2.24, 2.45) is 0 Å². The van der Waals surface area contributed by atoms with Gasteiger partial charge in [-0.25, -0.2) is 0 Å². The molecular weight excluding hydrogens is 314 g/mol. The van der Waals surface area contributed by atoms with Gasteiger partial charge in [0.25, 0.3) is 11.8 Å². The summed E-state index contributed by atoms with van der Waals surface area (Å²) in [5.41, 5.74) is 1.88. The van der Waals surface area contributed by atoms with E-state index in [1.807, 2.05) is 18.2 Å². The molecule has 0 aromatic heterocycles. The first-order chi connectivity index (χ1) is 12.1. The third-order valence-electron chi connectivity index (χ3n) is 4.49. The van der Waals surface area contributed by atoms with Crippen molar-refractivity contribution in [1.29, 1.82) is 0 Å². The number of benzene rings is 2. The van der Waals surface area contributed by atoms with Crippen molar-refractivity contribution in [1.82, 2.24) is 10.2 Å². The number of amides is 2. The number of rotatable bonds is 4. The van der Waals surface area contributed by atoms with Gasteiger partial charge in [-0.1, -0.05) is 18.2 Å². The van der Waals surface area contributed by atoms with E-state index in [1.165, 1.54) is 0 Å². The van der Waals surface area contributed by atoms with Gasteiger partial charge in [-0.05, 0) is 69.4 Å². The van der Waals surface area contributed by atoms with Gasteiger partial charge in [-0.3, -0.25) is 9.59 Å². The molecule has 2 aromatic carbocycles. The molecule has 1 aliphatic heterocycles. The molecule has 5 heteroatoms. The molecule has 0 radical (unpaired) electrons. The standard InChI is InChI=1S/C20H23N3O2/c1-23-13-11-18(12-14-23)22-20(25)16-7-9-17(10-8-16)21-19(24)15-5-3-2-4-6-15/h2-10,18H,11-14H2,1H3,(H,21,24)(H,22,25). The lowest BCUT2D eigenvalue weighted by molar-refractivity contribution is 0.0916. The van der Waals surface area contributed by atoms with Crippen LogP contribution in [0.2, 0.25) is 0 Å². The first kappa shape index (κ1) is 17.2. The van der Waals surface area contributed by atoms with Gasteiger partial charge in [0.1, 0.15) is 0 Å². The number of carbonyl (C=O) groups is 2. The van der Waals surface area contributed by atoms with Crippen LogP contribution in [0.4, 0.5) is 5.69 Å². The van der Waals surface area contributed by atoms with E-state index in [-0.39, 0.29) is 17.9 Å². The zero-order chi connectivity index (χ0) is 17.6. The van der Waals surface area contributed by atoms with Crippen LogP contribution < -0.4 is 10.6 Å². The van der Waals surface area contributed by atoms with Crippen molar-refractivity contribution in [2.75, 3.05) is 25.5 Å². The van der Waals surface area contributed by atoms with Crippen molar-refractivity contribution in [2.45, 2.75) is 18.9 Å². The predicted molar refractivity (Wildman–Crippen MR) is 98.8 cm³/mol. The maximum absolute atomic E-state index is 12.3. The summed E-state index contributed by atoms with van der Waals surface area (Å²) in [5, 5.41) is 5.92. The van der Waals surface area contributed by atoms with E-state index in [1.54, 1.807) is 36.4 Å². The minimum Gasteiger partial charge on any atom is -0.349 e. The van der Waals surface area contributed by atoms with Crippen LogP contribution in [0.5, 0.6) is 0 Å². The van der Waals surface area contributed by atoms with Crippen molar-refractivity contribution in [3.05, 3.63) is 65.7 Å². The number of piperidine rings is 1. The van der Waals surface area contributed by atoms with Gasteiger partial charge in [0.05, 0.1) is 0 Å². The lowest BCUT2D eigenvalue weighted by atomic mass is 10.0. The third-order valence-corrected chi connectivity index (χ3v) is 4.49. The second kappa shape index (κ2) is 7.94. The molecule has 0 saturated carbocycles. The molecule has 1 fully saturated rings. The maximum atomic E-state index is 12.3. The molecule has 3 rings (SSSR count). The van der Waals surface area contributed by atoms with Crippen LogP contribution in [0.15, 0.2) is 54.6 Å². The molecule has 0 unspecified atom stereocenters. The maximum Gasteiger partial charge on any atom is 0.255 e. The molecular formula is C20H23N3O2. The van der Waals surface area contributed by atoms with Crippen LogP contribution in [0.25, 0.3) is 0 Å². The second-order valence-electron chi connectivity index (χ2n) is 6.45. The van der Waals surface area contributed by atoms with Crippen LogP contribution in [-0.2, 0) is 0 Å². The molecule has 2 N–H and O–H groups in total. The Morgan fingerprint density at radius 3 is 2.12 bits per heavy atom. The lowest BCUT2D eigenvalue weighted by Gasteiger charge is -2.29. The molecule has 2 amide bonds. The van der Waals surface area contributed by atoms with E-state index < -0.39 is 0 Å². The molecule has 25 heavy (non-hydrogen) atoms. The Balaban J connectivity index is 1.56. The summed E-state index contributed by atoms with van der Waals surface area (Å²) in [5.74, 6) is -0.223. The Hall–Kier alpha value is -2.66. The van der Waals surface area contributed by atoms with Crippen LogP contribution in [0.3, 0.4) is 0 Å². The quantitative estimate of drug-likeness (QED) is 0.902. The van der Waals surface area contributed by atoms with Crippen molar-refractivity contribution >= 4 is 17.5 Å². The monoisotopic (exact) mass is 337 g/mol. The zero-order valence-electron chi connectivity index (χ0n) is 14.4. The number of likely N-dealkylation sites (tertiary alicyclic amines) is 1. The Labute approximate surface area is 148 Å². The normalized spacial score (nSPS) is 15.6. The Kier molecular flexibility index (Phi) is 5.46. The second-order valence-corrected chi connectivity index (χ2v) is 6.45. The molecule has 2 aromatic rings. The highest BCUT2D eigenvalue weighted by Crippen LogP contribution is 2.13. The van der Waals surface area contributed by atoms with Gasteiger partial charge in [0.15, 0.2) is 0 Å². The highest BCUT2D eigenvalue weighted by molar-refractivity contribution is 6.04. The van der Waals surface area contributed by atoms with Crippen LogP contribution >= 0.6 is 0 Å². The van der Waals surface area contributed by atoms with Gasteiger partial charge in [-0.2, -0.15) is 0 Å². The summed E-state index contributed by atoms with van der Waals surface area (Å²) in [6.07, 6.45) is 1.96. The molecule has 0 spiro atoms. The van der Waals surface area contributed by atoms with Crippen molar-refractivity contribution in [3.8, 4) is 0 Å². The molecule has 1 aliphatic rings. The molecule has 5 nitrogen and oxygen atoms in total. The van der Waals surface area contributed by atoms with Gasteiger partial charge in [0.2, 0.25) is 0 Å². The topological polar surface area (TPSA) is 61.4 Å². The highest BCUT2D eigenvalue weighted by atomic mass is 16.2. The summed E-state index contributed by atoms with van der Waals surface area (Å²) in [4.78, 5) is 26.7. The first-order valence-corrected chi connectivity index (χ1v) is 8.58. The van der Waals surface area contributed by atoms with Gasteiger partial charge >= 0.3 is 0 Å². The molecule has 130 valence electrons. The smallest absolute Gasteiger partial charge is 0.255 e. The number of hydrogen-bond acceptors (Lipinski definition) is 3.